The highest BCUT2D eigenvalue weighted by molar-refractivity contribution is 7.99. The lowest BCUT2D eigenvalue weighted by molar-refractivity contribution is 0.307. The second-order valence-corrected chi connectivity index (χ2v) is 6.52. The fourth-order valence-corrected chi connectivity index (χ4v) is 3.03. The number of halogens is 2. The van der Waals surface area contributed by atoms with Crippen molar-refractivity contribution in [2.24, 2.45) is 16.3 Å². The maximum Gasteiger partial charge on any atom is 0.144 e. The molecule has 0 aliphatic carbocycles. The zero-order valence-corrected chi connectivity index (χ0v) is 12.6. The van der Waals surface area contributed by atoms with Crippen LogP contribution in [0.2, 0.25) is 10.0 Å². The highest BCUT2D eigenvalue weighted by atomic mass is 35.5. The first-order valence-corrected chi connectivity index (χ1v) is 7.17. The molecule has 0 saturated carbocycles. The minimum absolute atomic E-state index is 0.236. The van der Waals surface area contributed by atoms with Gasteiger partial charge in [0.1, 0.15) is 5.84 Å². The van der Waals surface area contributed by atoms with Gasteiger partial charge in [-0.2, -0.15) is 0 Å². The first-order chi connectivity index (χ1) is 8.36. The fraction of sp³-hybridized carbons (Fsp3) is 0.417. The molecule has 0 radical (unpaired) electrons. The number of benzene rings is 1. The van der Waals surface area contributed by atoms with Crippen LogP contribution in [0.1, 0.15) is 20.3 Å². The van der Waals surface area contributed by atoms with E-state index in [0.717, 1.165) is 17.1 Å². The fourth-order valence-electron chi connectivity index (χ4n) is 1.27. The molecule has 6 heteroatoms. The molecule has 0 atom stereocenters. The maximum atomic E-state index is 8.68. The molecule has 0 saturated heterocycles. The third kappa shape index (κ3) is 4.26. The van der Waals surface area contributed by atoms with Crippen molar-refractivity contribution in [1.29, 1.82) is 0 Å². The highest BCUT2D eigenvalue weighted by Crippen LogP contribution is 2.32. The number of oxime groups is 1. The zero-order chi connectivity index (χ0) is 13.8. The molecule has 1 aromatic rings. The van der Waals surface area contributed by atoms with Gasteiger partial charge >= 0.3 is 0 Å². The second kappa shape index (κ2) is 6.55. The molecule has 3 N–H and O–H groups in total. The van der Waals surface area contributed by atoms with Gasteiger partial charge < -0.3 is 10.9 Å². The van der Waals surface area contributed by atoms with Gasteiger partial charge in [-0.05, 0) is 30.4 Å². The van der Waals surface area contributed by atoms with Gasteiger partial charge in [-0.3, -0.25) is 0 Å². The molecule has 0 heterocycles. The molecule has 1 aromatic carbocycles. The third-order valence-corrected chi connectivity index (χ3v) is 4.41. The summed E-state index contributed by atoms with van der Waals surface area (Å²) >= 11 is 13.6. The molecule has 100 valence electrons. The molecule has 0 aliphatic heterocycles. The van der Waals surface area contributed by atoms with Gasteiger partial charge in [0.2, 0.25) is 0 Å². The Morgan fingerprint density at radius 3 is 2.72 bits per heavy atom. The van der Waals surface area contributed by atoms with Gasteiger partial charge in [-0.15, -0.1) is 11.8 Å². The van der Waals surface area contributed by atoms with Crippen LogP contribution >= 0.6 is 35.0 Å². The average molecular weight is 307 g/mol. The summed E-state index contributed by atoms with van der Waals surface area (Å²) in [6.45, 7) is 3.87. The van der Waals surface area contributed by atoms with Crippen LogP contribution in [0.5, 0.6) is 0 Å². The number of hydrogen-bond donors (Lipinski definition) is 2. The van der Waals surface area contributed by atoms with E-state index in [4.69, 9.17) is 34.1 Å². The zero-order valence-electron chi connectivity index (χ0n) is 10.3. The van der Waals surface area contributed by atoms with Gasteiger partial charge in [0.25, 0.3) is 0 Å². The smallest absolute Gasteiger partial charge is 0.144 e. The number of rotatable bonds is 5. The summed E-state index contributed by atoms with van der Waals surface area (Å²) in [6.07, 6.45) is 0.774. The molecular formula is C12H16Cl2N2OS. The van der Waals surface area contributed by atoms with Crippen molar-refractivity contribution >= 4 is 40.8 Å². The molecular weight excluding hydrogens is 291 g/mol. The quantitative estimate of drug-likeness (QED) is 0.281. The van der Waals surface area contributed by atoms with Gasteiger partial charge in [0.15, 0.2) is 0 Å². The average Bonchev–Trinajstić information content (AvgIpc) is 2.32. The summed E-state index contributed by atoms with van der Waals surface area (Å²) in [5.41, 5.74) is 5.29. The number of amidine groups is 1. The molecule has 0 fully saturated rings. The molecule has 0 aromatic heterocycles. The first-order valence-electron chi connectivity index (χ1n) is 5.42. The molecule has 0 unspecified atom stereocenters. The molecule has 0 spiro atoms. The molecule has 1 rings (SSSR count). The van der Waals surface area contributed by atoms with E-state index in [2.05, 4.69) is 5.16 Å². The van der Waals surface area contributed by atoms with Gasteiger partial charge in [0.05, 0.1) is 5.02 Å². The van der Waals surface area contributed by atoms with E-state index in [9.17, 15) is 0 Å². The normalized spacial score (nSPS) is 12.8. The Morgan fingerprint density at radius 1 is 1.44 bits per heavy atom. The predicted molar refractivity (Wildman–Crippen MR) is 79.0 cm³/mol. The second-order valence-electron chi connectivity index (χ2n) is 4.54. The summed E-state index contributed by atoms with van der Waals surface area (Å²) < 4.78 is 0. The van der Waals surface area contributed by atoms with E-state index in [-0.39, 0.29) is 11.3 Å². The van der Waals surface area contributed by atoms with Crippen molar-refractivity contribution in [2.75, 3.05) is 5.75 Å². The van der Waals surface area contributed by atoms with Crippen molar-refractivity contribution < 1.29 is 5.21 Å². The minimum Gasteiger partial charge on any atom is -0.409 e. The lowest BCUT2D eigenvalue weighted by Gasteiger charge is -2.22. The van der Waals surface area contributed by atoms with E-state index >= 15 is 0 Å². The number of nitrogens with two attached hydrogens (primary N) is 1. The van der Waals surface area contributed by atoms with Crippen molar-refractivity contribution in [3.05, 3.63) is 28.2 Å². The Kier molecular flexibility index (Phi) is 5.63. The van der Waals surface area contributed by atoms with Gasteiger partial charge in [-0.1, -0.05) is 42.2 Å². The summed E-state index contributed by atoms with van der Waals surface area (Å²) in [4.78, 5) is 0.944. The molecule has 18 heavy (non-hydrogen) atoms. The van der Waals surface area contributed by atoms with Crippen molar-refractivity contribution in [1.82, 2.24) is 0 Å². The highest BCUT2D eigenvalue weighted by Gasteiger charge is 2.23. The van der Waals surface area contributed by atoms with Crippen LogP contribution in [0.3, 0.4) is 0 Å². The van der Waals surface area contributed by atoms with E-state index in [1.165, 1.54) is 0 Å². The summed E-state index contributed by atoms with van der Waals surface area (Å²) in [7, 11) is 0. The van der Waals surface area contributed by atoms with Crippen LogP contribution in [0.15, 0.2) is 28.3 Å². The number of nitrogens with zero attached hydrogens (tertiary/aromatic N) is 1. The Balaban J connectivity index is 2.59. The van der Waals surface area contributed by atoms with Gasteiger partial charge in [0, 0.05) is 15.3 Å². The van der Waals surface area contributed by atoms with Crippen LogP contribution in [0, 0.1) is 5.41 Å². The monoisotopic (exact) mass is 306 g/mol. The maximum absolute atomic E-state index is 8.68. The SMILES string of the molecule is CC(C)(CCSc1cc(Cl)ccc1Cl)C(N)=NO. The molecule has 0 bridgehead atoms. The summed E-state index contributed by atoms with van der Waals surface area (Å²) in [5, 5.41) is 13.1. The van der Waals surface area contributed by atoms with Crippen LogP contribution in [0.25, 0.3) is 0 Å². The van der Waals surface area contributed by atoms with E-state index in [1.54, 1.807) is 23.9 Å². The van der Waals surface area contributed by atoms with E-state index in [1.807, 2.05) is 19.9 Å². The van der Waals surface area contributed by atoms with Crippen LogP contribution in [-0.4, -0.2) is 16.8 Å². The Hall–Kier alpha value is -0.580. The molecule has 0 aliphatic rings. The van der Waals surface area contributed by atoms with Crippen LogP contribution < -0.4 is 5.73 Å². The number of thioether (sulfide) groups is 1. The third-order valence-electron chi connectivity index (χ3n) is 2.68. The first kappa shape index (κ1) is 15.5. The van der Waals surface area contributed by atoms with Crippen molar-refractivity contribution in [3.8, 4) is 0 Å². The largest absolute Gasteiger partial charge is 0.409 e. The summed E-state index contributed by atoms with van der Waals surface area (Å²) in [6, 6.07) is 5.38. The van der Waals surface area contributed by atoms with E-state index in [0.29, 0.717) is 10.0 Å². The van der Waals surface area contributed by atoms with Crippen molar-refractivity contribution in [2.45, 2.75) is 25.2 Å². The van der Waals surface area contributed by atoms with Crippen LogP contribution in [0.4, 0.5) is 0 Å². The lowest BCUT2D eigenvalue weighted by atomic mass is 9.89. The number of hydrogen-bond acceptors (Lipinski definition) is 3. The Morgan fingerprint density at radius 2 is 2.11 bits per heavy atom. The summed E-state index contributed by atoms with van der Waals surface area (Å²) in [5.74, 6) is 1.05. The van der Waals surface area contributed by atoms with Crippen LogP contribution in [-0.2, 0) is 0 Å². The Bertz CT molecular complexity index is 450. The molecule has 0 amide bonds. The topological polar surface area (TPSA) is 58.6 Å². The van der Waals surface area contributed by atoms with Gasteiger partial charge in [-0.25, -0.2) is 0 Å². The molecule has 3 nitrogen and oxygen atoms in total. The Labute approximate surface area is 121 Å². The minimum atomic E-state index is -0.340. The predicted octanol–water partition coefficient (Wildman–Crippen LogP) is 4.25. The standard InChI is InChI=1S/C12H16Cl2N2OS/c1-12(2,11(15)16-17)5-6-18-10-7-8(13)3-4-9(10)14/h3-4,7,17H,5-6H2,1-2H3,(H2,15,16). The van der Waals surface area contributed by atoms with E-state index < -0.39 is 0 Å². The lowest BCUT2D eigenvalue weighted by Crippen LogP contribution is -2.32. The van der Waals surface area contributed by atoms with Crippen molar-refractivity contribution in [3.63, 3.8) is 0 Å².